The summed E-state index contributed by atoms with van der Waals surface area (Å²) < 4.78 is 2.52. The molecule has 7 nitrogen and oxygen atoms in total. The van der Waals surface area contributed by atoms with Gasteiger partial charge < -0.3 is 0 Å². The summed E-state index contributed by atoms with van der Waals surface area (Å²) in [5.74, 6) is 0.641. The Labute approximate surface area is 126 Å². The van der Waals surface area contributed by atoms with Crippen LogP contribution in [0.2, 0.25) is 0 Å². The monoisotopic (exact) mass is 297 g/mol. The highest BCUT2D eigenvalue weighted by Gasteiger charge is 2.21. The van der Waals surface area contributed by atoms with E-state index in [1.165, 1.54) is 7.05 Å². The fourth-order valence-electron chi connectivity index (χ4n) is 2.16. The quantitative estimate of drug-likeness (QED) is 0.707. The molecule has 0 N–H and O–H groups in total. The average Bonchev–Trinajstić information content (AvgIpc) is 2.53. The van der Waals surface area contributed by atoms with Crippen LogP contribution in [-0.2, 0) is 7.05 Å². The van der Waals surface area contributed by atoms with Crippen molar-refractivity contribution in [2.24, 2.45) is 7.05 Å². The lowest BCUT2D eigenvalue weighted by atomic mass is 10.2. The van der Waals surface area contributed by atoms with Crippen LogP contribution in [0.25, 0.3) is 22.9 Å². The third-order valence-electron chi connectivity index (χ3n) is 3.37. The molecule has 22 heavy (non-hydrogen) atoms. The molecule has 0 aliphatic carbocycles. The van der Waals surface area contributed by atoms with Crippen molar-refractivity contribution in [3.05, 3.63) is 51.2 Å². The molecule has 2 aliphatic heterocycles. The van der Waals surface area contributed by atoms with Gasteiger partial charge in [-0.1, -0.05) is 30.3 Å². The lowest BCUT2D eigenvalue weighted by Gasteiger charge is -2.17. The third kappa shape index (κ3) is 2.20. The van der Waals surface area contributed by atoms with E-state index in [9.17, 15) is 9.59 Å². The first-order valence-corrected chi connectivity index (χ1v) is 6.92. The first-order valence-electron chi connectivity index (χ1n) is 6.92. The van der Waals surface area contributed by atoms with Crippen LogP contribution in [0, 0.1) is 0 Å². The molecule has 0 saturated carbocycles. The molecule has 1 aromatic carbocycles. The van der Waals surface area contributed by atoms with Crippen molar-refractivity contribution < 1.29 is 0 Å². The normalized spacial score (nSPS) is 11.3. The molecular weight excluding hydrogens is 282 g/mol. The van der Waals surface area contributed by atoms with Crippen molar-refractivity contribution in [1.29, 1.82) is 0 Å². The second kappa shape index (κ2) is 5.18. The van der Waals surface area contributed by atoms with E-state index in [1.54, 1.807) is 4.68 Å². The Morgan fingerprint density at radius 2 is 1.73 bits per heavy atom. The summed E-state index contributed by atoms with van der Waals surface area (Å²) >= 11 is 0. The van der Waals surface area contributed by atoms with Gasteiger partial charge in [0.1, 0.15) is 0 Å². The fraction of sp³-hybridized carbons (Fsp3) is 0.267. The highest BCUT2D eigenvalue weighted by molar-refractivity contribution is 5.59. The fourth-order valence-corrected chi connectivity index (χ4v) is 2.16. The molecule has 2 heterocycles. The van der Waals surface area contributed by atoms with Crippen molar-refractivity contribution >= 4 is 0 Å². The maximum absolute atomic E-state index is 12.3. The van der Waals surface area contributed by atoms with E-state index < -0.39 is 11.2 Å². The molecule has 0 amide bonds. The van der Waals surface area contributed by atoms with Crippen molar-refractivity contribution in [2.45, 2.75) is 19.9 Å². The van der Waals surface area contributed by atoms with Crippen LogP contribution in [0.4, 0.5) is 0 Å². The Bertz CT molecular complexity index is 912. The van der Waals surface area contributed by atoms with Crippen LogP contribution in [0.5, 0.6) is 0 Å². The van der Waals surface area contributed by atoms with Gasteiger partial charge in [-0.25, -0.2) is 14.5 Å². The number of nitrogens with zero attached hydrogens (tertiary/aromatic N) is 5. The van der Waals surface area contributed by atoms with E-state index in [2.05, 4.69) is 15.1 Å². The van der Waals surface area contributed by atoms with E-state index in [-0.39, 0.29) is 17.6 Å². The van der Waals surface area contributed by atoms with Crippen LogP contribution in [0.1, 0.15) is 19.9 Å². The molecule has 1 aromatic rings. The van der Waals surface area contributed by atoms with Crippen LogP contribution in [-0.4, -0.2) is 24.3 Å². The minimum atomic E-state index is -0.608. The Morgan fingerprint density at radius 1 is 1.05 bits per heavy atom. The summed E-state index contributed by atoms with van der Waals surface area (Å²) in [7, 11) is 1.39. The summed E-state index contributed by atoms with van der Waals surface area (Å²) in [4.78, 5) is 32.4. The summed E-state index contributed by atoms with van der Waals surface area (Å²) in [6.07, 6.45) is 0. The Balaban J connectivity index is 2.41. The number of aromatic nitrogens is 5. The lowest BCUT2D eigenvalue weighted by Crippen LogP contribution is -2.37. The molecule has 0 radical (unpaired) electrons. The second-order valence-electron chi connectivity index (χ2n) is 5.27. The molecule has 0 fully saturated rings. The topological polar surface area (TPSA) is 82.7 Å². The maximum atomic E-state index is 12.3. The van der Waals surface area contributed by atoms with Gasteiger partial charge in [-0.2, -0.15) is 10.1 Å². The van der Waals surface area contributed by atoms with E-state index in [4.69, 9.17) is 0 Å². The first-order chi connectivity index (χ1) is 10.5. The minimum Gasteiger partial charge on any atom is -0.267 e. The van der Waals surface area contributed by atoms with Gasteiger partial charge in [0.25, 0.3) is 5.56 Å². The van der Waals surface area contributed by atoms with E-state index >= 15 is 0 Å². The molecule has 0 unspecified atom stereocenters. The van der Waals surface area contributed by atoms with Crippen molar-refractivity contribution in [1.82, 2.24) is 24.3 Å². The van der Waals surface area contributed by atoms with Gasteiger partial charge in [-0.05, 0) is 13.8 Å². The zero-order chi connectivity index (χ0) is 15.9. The summed E-state index contributed by atoms with van der Waals surface area (Å²) in [6, 6.07) is 9.31. The van der Waals surface area contributed by atoms with E-state index in [0.717, 1.165) is 10.1 Å². The Hall–Kier alpha value is -2.83. The van der Waals surface area contributed by atoms with E-state index in [0.29, 0.717) is 5.82 Å². The van der Waals surface area contributed by atoms with Crippen LogP contribution < -0.4 is 11.2 Å². The first kappa shape index (κ1) is 14.1. The molecule has 0 bridgehead atoms. The van der Waals surface area contributed by atoms with Crippen LogP contribution in [0.3, 0.4) is 0 Å². The predicted octanol–water partition coefficient (Wildman–Crippen LogP) is 1.08. The van der Waals surface area contributed by atoms with Gasteiger partial charge in [-0.3, -0.25) is 9.36 Å². The molecule has 0 spiro atoms. The lowest BCUT2D eigenvalue weighted by molar-refractivity contribution is 0.510. The van der Waals surface area contributed by atoms with Crippen molar-refractivity contribution in [2.75, 3.05) is 0 Å². The van der Waals surface area contributed by atoms with Crippen LogP contribution in [0.15, 0.2) is 39.9 Å². The molecular formula is C15H15N5O2. The van der Waals surface area contributed by atoms with Crippen LogP contribution >= 0.6 is 0 Å². The number of hydrogen-bond donors (Lipinski definition) is 0. The molecule has 2 aliphatic rings. The molecule has 3 rings (SSSR count). The molecule has 7 heteroatoms. The molecule has 0 aromatic heterocycles. The predicted molar refractivity (Wildman–Crippen MR) is 81.8 cm³/mol. The van der Waals surface area contributed by atoms with Gasteiger partial charge in [0, 0.05) is 18.7 Å². The third-order valence-corrected chi connectivity index (χ3v) is 3.37. The SMILES string of the molecule is CC(C)n1nc(-c2ccccc2)nc2c(=O)n(C)c(=O)nc1-2. The Kier molecular flexibility index (Phi) is 3.32. The molecule has 112 valence electrons. The highest BCUT2D eigenvalue weighted by Crippen LogP contribution is 2.20. The van der Waals surface area contributed by atoms with Crippen molar-refractivity contribution in [3.63, 3.8) is 0 Å². The van der Waals surface area contributed by atoms with Crippen molar-refractivity contribution in [3.8, 4) is 22.9 Å². The minimum absolute atomic E-state index is 0.0630. The van der Waals surface area contributed by atoms with Gasteiger partial charge >= 0.3 is 5.69 Å². The number of rotatable bonds is 2. The summed E-state index contributed by atoms with van der Waals surface area (Å²) in [6.45, 7) is 3.82. The van der Waals surface area contributed by atoms with Gasteiger partial charge in [0.2, 0.25) is 0 Å². The number of hydrogen-bond acceptors (Lipinski definition) is 5. The number of fused-ring (bicyclic) bond motifs is 1. The second-order valence-corrected chi connectivity index (χ2v) is 5.27. The highest BCUT2D eigenvalue weighted by atomic mass is 16.2. The smallest absolute Gasteiger partial charge is 0.267 e. The van der Waals surface area contributed by atoms with Gasteiger partial charge in [-0.15, -0.1) is 0 Å². The summed E-state index contributed by atoms with van der Waals surface area (Å²) in [5.41, 5.74) is -0.136. The number of benzene rings is 1. The maximum Gasteiger partial charge on any atom is 0.352 e. The zero-order valence-corrected chi connectivity index (χ0v) is 12.5. The zero-order valence-electron chi connectivity index (χ0n) is 12.5. The molecule has 0 atom stereocenters. The standard InChI is InChI=1S/C15H15N5O2/c1-9(2)20-13-11(14(21)19(3)15(22)17-13)16-12(18-20)10-7-5-4-6-8-10/h4-9H,1-3H3. The largest absolute Gasteiger partial charge is 0.352 e. The van der Waals surface area contributed by atoms with Gasteiger partial charge in [0.05, 0.1) is 0 Å². The molecule has 0 saturated heterocycles. The Morgan fingerprint density at radius 3 is 2.36 bits per heavy atom. The van der Waals surface area contributed by atoms with Gasteiger partial charge in [0.15, 0.2) is 17.3 Å². The average molecular weight is 297 g/mol. The summed E-state index contributed by atoms with van der Waals surface area (Å²) in [5, 5.41) is 4.44. The van der Waals surface area contributed by atoms with E-state index in [1.807, 2.05) is 44.2 Å².